The third kappa shape index (κ3) is 8.62. The molecule has 0 spiro atoms. The topological polar surface area (TPSA) is 43.4 Å². The number of unbranched alkanes of at least 4 members (excludes halogenated alkanes) is 1. The van der Waals surface area contributed by atoms with Crippen LogP contribution in [-0.2, 0) is 14.3 Å². The van der Waals surface area contributed by atoms with Crippen LogP contribution >= 0.6 is 0 Å². The lowest BCUT2D eigenvalue weighted by Gasteiger charge is -2.09. The van der Waals surface area contributed by atoms with Gasteiger partial charge in [-0.1, -0.05) is 43.4 Å². The molecule has 0 aromatic heterocycles. The summed E-state index contributed by atoms with van der Waals surface area (Å²) in [4.78, 5) is 22.9. The van der Waals surface area contributed by atoms with Gasteiger partial charge in [-0.25, -0.2) is 4.39 Å². The fraction of sp³-hybridized carbons (Fsp3) is 0.524. The predicted octanol–water partition coefficient (Wildman–Crippen LogP) is 5.04. The van der Waals surface area contributed by atoms with Crippen molar-refractivity contribution < 1.29 is 18.7 Å². The van der Waals surface area contributed by atoms with Crippen LogP contribution in [0.5, 0.6) is 0 Å². The number of alkyl halides is 1. The van der Waals surface area contributed by atoms with Gasteiger partial charge in [-0.2, -0.15) is 0 Å². The van der Waals surface area contributed by atoms with Crippen molar-refractivity contribution in [2.45, 2.75) is 58.0 Å². The average Bonchev–Trinajstić information content (AvgIpc) is 2.96. The van der Waals surface area contributed by atoms with Crippen molar-refractivity contribution in [2.24, 2.45) is 5.92 Å². The zero-order valence-corrected chi connectivity index (χ0v) is 15.2. The quantitative estimate of drug-likeness (QED) is 0.227. The number of carbonyl (C=O) groups is 2. The van der Waals surface area contributed by atoms with Crippen LogP contribution in [0.2, 0.25) is 0 Å². The molecular weight excluding hydrogens is 319 g/mol. The molecule has 25 heavy (non-hydrogen) atoms. The van der Waals surface area contributed by atoms with E-state index >= 15 is 0 Å². The minimum Gasteiger partial charge on any atom is -0.469 e. The van der Waals surface area contributed by atoms with Gasteiger partial charge in [0.2, 0.25) is 0 Å². The lowest BCUT2D eigenvalue weighted by Crippen LogP contribution is -2.04. The Bertz CT molecular complexity index is 543. The first-order valence-electron chi connectivity index (χ1n) is 9.01. The number of carbonyl (C=O) groups excluding carboxylic acids is 2. The Labute approximate surface area is 150 Å². The Morgan fingerprint density at radius 1 is 1.28 bits per heavy atom. The van der Waals surface area contributed by atoms with E-state index in [0.717, 1.165) is 25.7 Å². The van der Waals surface area contributed by atoms with Gasteiger partial charge in [0.25, 0.3) is 0 Å². The maximum Gasteiger partial charge on any atom is 0.305 e. The van der Waals surface area contributed by atoms with Crippen molar-refractivity contribution in [2.75, 3.05) is 7.11 Å². The predicted molar refractivity (Wildman–Crippen MR) is 98.9 cm³/mol. The number of allylic oxidation sites excluding steroid dienone is 8. The largest absolute Gasteiger partial charge is 0.469 e. The van der Waals surface area contributed by atoms with Gasteiger partial charge in [0, 0.05) is 17.9 Å². The van der Waals surface area contributed by atoms with Crippen LogP contribution in [0.4, 0.5) is 4.39 Å². The Kier molecular flexibility index (Phi) is 10.5. The van der Waals surface area contributed by atoms with Gasteiger partial charge in [-0.15, -0.1) is 0 Å². The van der Waals surface area contributed by atoms with E-state index in [1.54, 1.807) is 12.2 Å². The minimum absolute atomic E-state index is 0.0135. The Balaban J connectivity index is 2.40. The first kappa shape index (κ1) is 21.1. The zero-order valence-electron chi connectivity index (χ0n) is 15.2. The summed E-state index contributed by atoms with van der Waals surface area (Å²) in [5.74, 6) is -0.180. The van der Waals surface area contributed by atoms with E-state index in [1.807, 2.05) is 37.3 Å². The molecule has 1 aliphatic carbocycles. The van der Waals surface area contributed by atoms with Crippen molar-refractivity contribution in [3.05, 3.63) is 48.1 Å². The summed E-state index contributed by atoms with van der Waals surface area (Å²) in [7, 11) is 1.39. The second kappa shape index (κ2) is 12.4. The van der Waals surface area contributed by atoms with Crippen LogP contribution in [0.15, 0.2) is 48.1 Å². The van der Waals surface area contributed by atoms with Gasteiger partial charge in [-0.3, -0.25) is 9.59 Å². The maximum atomic E-state index is 13.8. The van der Waals surface area contributed by atoms with Gasteiger partial charge >= 0.3 is 5.97 Å². The molecule has 2 unspecified atom stereocenters. The van der Waals surface area contributed by atoms with Crippen LogP contribution in [0.25, 0.3) is 0 Å². The summed E-state index contributed by atoms with van der Waals surface area (Å²) in [5.41, 5.74) is 0.696. The first-order chi connectivity index (χ1) is 12.1. The van der Waals surface area contributed by atoms with Gasteiger partial charge in [0.05, 0.1) is 7.11 Å². The van der Waals surface area contributed by atoms with Gasteiger partial charge in [-0.05, 0) is 44.6 Å². The third-order valence-corrected chi connectivity index (χ3v) is 4.09. The van der Waals surface area contributed by atoms with Crippen LogP contribution < -0.4 is 0 Å². The summed E-state index contributed by atoms with van der Waals surface area (Å²) in [6.07, 6.45) is 16.4. The molecule has 4 heteroatoms. The molecule has 0 saturated carbocycles. The number of ketones is 1. The Hall–Kier alpha value is -1.97. The first-order valence-corrected chi connectivity index (χ1v) is 9.01. The molecule has 0 N–H and O–H groups in total. The van der Waals surface area contributed by atoms with Gasteiger partial charge in [0.1, 0.15) is 6.17 Å². The highest BCUT2D eigenvalue weighted by molar-refractivity contribution is 6.07. The lowest BCUT2D eigenvalue weighted by atomic mass is 9.96. The highest BCUT2D eigenvalue weighted by Crippen LogP contribution is 2.26. The molecule has 0 aliphatic heterocycles. The SMILES string of the molecule is CCC=CCC(F)CC=C1C(=O)C=CC1CC=CCCCC(=O)OC. The number of hydrogen-bond acceptors (Lipinski definition) is 3. The minimum atomic E-state index is -0.946. The number of hydrogen-bond donors (Lipinski definition) is 0. The number of ether oxygens (including phenoxy) is 1. The fourth-order valence-corrected chi connectivity index (χ4v) is 2.63. The Morgan fingerprint density at radius 2 is 2.08 bits per heavy atom. The van der Waals surface area contributed by atoms with Crippen LogP contribution in [0, 0.1) is 5.92 Å². The Morgan fingerprint density at radius 3 is 2.80 bits per heavy atom. The van der Waals surface area contributed by atoms with Crippen LogP contribution in [0.3, 0.4) is 0 Å². The van der Waals surface area contributed by atoms with Gasteiger partial charge in [0.15, 0.2) is 5.78 Å². The number of esters is 1. The van der Waals surface area contributed by atoms with Crippen LogP contribution in [-0.4, -0.2) is 25.0 Å². The molecular formula is C21H29FO3. The van der Waals surface area contributed by atoms with Gasteiger partial charge < -0.3 is 4.74 Å². The summed E-state index contributed by atoms with van der Waals surface area (Å²) in [6, 6.07) is 0. The highest BCUT2D eigenvalue weighted by Gasteiger charge is 2.21. The summed E-state index contributed by atoms with van der Waals surface area (Å²) in [5, 5.41) is 0. The van der Waals surface area contributed by atoms with E-state index in [2.05, 4.69) is 4.74 Å². The molecule has 0 bridgehead atoms. The second-order valence-corrected chi connectivity index (χ2v) is 6.11. The smallest absolute Gasteiger partial charge is 0.305 e. The number of methoxy groups -OCH3 is 1. The average molecular weight is 348 g/mol. The zero-order chi connectivity index (χ0) is 18.5. The molecule has 138 valence electrons. The van der Waals surface area contributed by atoms with E-state index in [-0.39, 0.29) is 24.1 Å². The molecule has 0 radical (unpaired) electrons. The molecule has 0 fully saturated rings. The molecule has 0 aromatic carbocycles. The third-order valence-electron chi connectivity index (χ3n) is 4.09. The highest BCUT2D eigenvalue weighted by atomic mass is 19.1. The summed E-state index contributed by atoms with van der Waals surface area (Å²) in [6.45, 7) is 2.02. The van der Waals surface area contributed by atoms with E-state index in [4.69, 9.17) is 0 Å². The molecule has 3 nitrogen and oxygen atoms in total. The van der Waals surface area contributed by atoms with Crippen LogP contribution in [0.1, 0.15) is 51.9 Å². The monoisotopic (exact) mass is 348 g/mol. The van der Waals surface area contributed by atoms with E-state index in [1.165, 1.54) is 7.11 Å². The fourth-order valence-electron chi connectivity index (χ4n) is 2.63. The molecule has 0 aromatic rings. The second-order valence-electron chi connectivity index (χ2n) is 6.11. The van der Waals surface area contributed by atoms with Crippen molar-refractivity contribution in [1.29, 1.82) is 0 Å². The van der Waals surface area contributed by atoms with Crippen molar-refractivity contribution in [3.8, 4) is 0 Å². The van der Waals surface area contributed by atoms with Crippen molar-refractivity contribution in [1.82, 2.24) is 0 Å². The lowest BCUT2D eigenvalue weighted by molar-refractivity contribution is -0.140. The molecule has 1 rings (SSSR count). The normalized spacial score (nSPS) is 20.2. The number of halogens is 1. The van der Waals surface area contributed by atoms with E-state index < -0.39 is 6.17 Å². The van der Waals surface area contributed by atoms with E-state index in [9.17, 15) is 14.0 Å². The molecule has 0 saturated heterocycles. The summed E-state index contributed by atoms with van der Waals surface area (Å²) < 4.78 is 18.4. The molecule has 0 amide bonds. The van der Waals surface area contributed by atoms with Crippen molar-refractivity contribution >= 4 is 11.8 Å². The molecule has 2 atom stereocenters. The maximum absolute atomic E-state index is 13.8. The molecule has 0 heterocycles. The van der Waals surface area contributed by atoms with E-state index in [0.29, 0.717) is 18.4 Å². The molecule has 1 aliphatic rings. The summed E-state index contributed by atoms with van der Waals surface area (Å²) >= 11 is 0. The standard InChI is InChI=1S/C21H29FO3/c1-3-4-7-11-18(22)14-15-19-17(13-16-20(19)23)10-8-5-6-9-12-21(24)25-2/h4-5,7-8,13,15-18H,3,6,9-12,14H2,1-2H3. The number of rotatable bonds is 11. The van der Waals surface area contributed by atoms with Crippen molar-refractivity contribution in [3.63, 3.8) is 0 Å².